The first-order valence-electron chi connectivity index (χ1n) is 5.50. The van der Waals surface area contributed by atoms with Crippen LogP contribution in [0.15, 0.2) is 24.7 Å². The van der Waals surface area contributed by atoms with E-state index in [0.717, 1.165) is 9.88 Å². The first-order chi connectivity index (χ1) is 8.58. The molecule has 1 atom stereocenters. The maximum Gasteiger partial charge on any atom is 0.254 e. The van der Waals surface area contributed by atoms with Crippen LogP contribution in [-0.2, 0) is 0 Å². The normalized spacial score (nSPS) is 12.1. The van der Waals surface area contributed by atoms with Crippen molar-refractivity contribution in [3.05, 3.63) is 40.1 Å². The number of nitrogens with zero attached hydrogens (tertiary/aromatic N) is 2. The van der Waals surface area contributed by atoms with Gasteiger partial charge in [-0.1, -0.05) is 0 Å². The second-order valence-corrected chi connectivity index (χ2v) is 5.23. The maximum absolute atomic E-state index is 12.0. The molecule has 1 amide bonds. The van der Waals surface area contributed by atoms with Gasteiger partial charge in [0.25, 0.3) is 5.91 Å². The lowest BCUT2D eigenvalue weighted by Gasteiger charge is -2.12. The van der Waals surface area contributed by atoms with Crippen LogP contribution in [-0.4, -0.2) is 15.9 Å². The van der Waals surface area contributed by atoms with Crippen LogP contribution in [0, 0.1) is 6.92 Å². The molecule has 6 heteroatoms. The summed E-state index contributed by atoms with van der Waals surface area (Å²) in [5.41, 5.74) is 6.51. The molecule has 0 spiro atoms. The molecule has 94 valence electrons. The molecule has 18 heavy (non-hydrogen) atoms. The molecule has 0 aliphatic carbocycles. The number of nitrogen functional groups attached to an aromatic ring is 1. The number of carbonyl (C=O) groups is 1. The predicted molar refractivity (Wildman–Crippen MR) is 71.4 cm³/mol. The Hall–Kier alpha value is -1.95. The SMILES string of the molecule is Cc1cnc(C(C)NC(=O)c2ccncc2N)s1. The summed E-state index contributed by atoms with van der Waals surface area (Å²) in [5.74, 6) is -0.213. The summed E-state index contributed by atoms with van der Waals surface area (Å²) in [4.78, 5) is 21.2. The summed E-state index contributed by atoms with van der Waals surface area (Å²) in [6, 6.07) is 1.47. The third-order valence-corrected chi connectivity index (χ3v) is 3.55. The van der Waals surface area contributed by atoms with Gasteiger partial charge < -0.3 is 11.1 Å². The molecule has 0 fully saturated rings. The molecule has 0 aliphatic rings. The summed E-state index contributed by atoms with van der Waals surface area (Å²) in [5, 5.41) is 3.75. The molecule has 2 aromatic rings. The fourth-order valence-electron chi connectivity index (χ4n) is 1.52. The fraction of sp³-hybridized carbons (Fsp3) is 0.250. The van der Waals surface area contributed by atoms with E-state index in [2.05, 4.69) is 15.3 Å². The fourth-order valence-corrected chi connectivity index (χ4v) is 2.30. The maximum atomic E-state index is 12.0. The second-order valence-electron chi connectivity index (χ2n) is 3.97. The van der Waals surface area contributed by atoms with Gasteiger partial charge >= 0.3 is 0 Å². The Bertz CT molecular complexity index is 567. The first-order valence-corrected chi connectivity index (χ1v) is 6.32. The molecule has 0 saturated carbocycles. The molecule has 0 saturated heterocycles. The minimum atomic E-state index is -0.213. The van der Waals surface area contributed by atoms with Crippen molar-refractivity contribution in [3.63, 3.8) is 0 Å². The van der Waals surface area contributed by atoms with Crippen LogP contribution in [0.3, 0.4) is 0 Å². The van der Waals surface area contributed by atoms with E-state index in [1.54, 1.807) is 29.8 Å². The van der Waals surface area contributed by atoms with Crippen molar-refractivity contribution in [2.45, 2.75) is 19.9 Å². The molecule has 2 aromatic heterocycles. The summed E-state index contributed by atoms with van der Waals surface area (Å²) >= 11 is 1.57. The number of anilines is 1. The topological polar surface area (TPSA) is 80.9 Å². The van der Waals surface area contributed by atoms with Crippen molar-refractivity contribution in [3.8, 4) is 0 Å². The van der Waals surface area contributed by atoms with Crippen LogP contribution >= 0.6 is 11.3 Å². The number of nitrogens with two attached hydrogens (primary N) is 1. The number of hydrogen-bond acceptors (Lipinski definition) is 5. The van der Waals surface area contributed by atoms with Crippen LogP contribution in [0.4, 0.5) is 5.69 Å². The van der Waals surface area contributed by atoms with Gasteiger partial charge in [0.2, 0.25) is 0 Å². The number of hydrogen-bond donors (Lipinski definition) is 2. The Kier molecular flexibility index (Phi) is 3.57. The Morgan fingerprint density at radius 2 is 2.28 bits per heavy atom. The van der Waals surface area contributed by atoms with Crippen molar-refractivity contribution in [2.24, 2.45) is 0 Å². The van der Waals surface area contributed by atoms with E-state index >= 15 is 0 Å². The zero-order valence-corrected chi connectivity index (χ0v) is 11.0. The van der Waals surface area contributed by atoms with E-state index in [-0.39, 0.29) is 11.9 Å². The van der Waals surface area contributed by atoms with Gasteiger partial charge in [0, 0.05) is 17.3 Å². The van der Waals surface area contributed by atoms with E-state index in [1.807, 2.05) is 13.8 Å². The van der Waals surface area contributed by atoms with Crippen molar-refractivity contribution in [2.75, 3.05) is 5.73 Å². The van der Waals surface area contributed by atoms with E-state index in [9.17, 15) is 4.79 Å². The Morgan fingerprint density at radius 1 is 1.50 bits per heavy atom. The number of aryl methyl sites for hydroxylation is 1. The highest BCUT2D eigenvalue weighted by Crippen LogP contribution is 2.19. The van der Waals surface area contributed by atoms with Crippen LogP contribution < -0.4 is 11.1 Å². The number of aromatic nitrogens is 2. The smallest absolute Gasteiger partial charge is 0.254 e. The van der Waals surface area contributed by atoms with Gasteiger partial charge in [-0.15, -0.1) is 11.3 Å². The monoisotopic (exact) mass is 262 g/mol. The Labute approximate surface area is 109 Å². The molecule has 3 N–H and O–H groups in total. The molecule has 2 rings (SSSR count). The molecule has 5 nitrogen and oxygen atoms in total. The van der Waals surface area contributed by atoms with Gasteiger partial charge in [-0.05, 0) is 19.9 Å². The molecular weight excluding hydrogens is 248 g/mol. The van der Waals surface area contributed by atoms with Gasteiger partial charge in [-0.2, -0.15) is 0 Å². The third-order valence-electron chi connectivity index (χ3n) is 2.45. The number of thiazole rings is 1. The number of pyridine rings is 1. The average molecular weight is 262 g/mol. The highest BCUT2D eigenvalue weighted by atomic mass is 32.1. The lowest BCUT2D eigenvalue weighted by atomic mass is 10.2. The van der Waals surface area contributed by atoms with Crippen molar-refractivity contribution >= 4 is 22.9 Å². The summed E-state index contributed by atoms with van der Waals surface area (Å²) in [7, 11) is 0. The van der Waals surface area contributed by atoms with E-state index in [0.29, 0.717) is 11.3 Å². The van der Waals surface area contributed by atoms with E-state index < -0.39 is 0 Å². The predicted octanol–water partition coefficient (Wildman–Crippen LogP) is 1.92. The van der Waals surface area contributed by atoms with Crippen molar-refractivity contribution in [1.29, 1.82) is 0 Å². The van der Waals surface area contributed by atoms with Gasteiger partial charge in [-0.25, -0.2) is 4.98 Å². The minimum Gasteiger partial charge on any atom is -0.397 e. The average Bonchev–Trinajstić information content (AvgIpc) is 2.76. The molecule has 0 aliphatic heterocycles. The first kappa shape index (κ1) is 12.5. The van der Waals surface area contributed by atoms with Crippen LogP contribution in [0.25, 0.3) is 0 Å². The molecular formula is C12H14N4OS. The second kappa shape index (κ2) is 5.14. The largest absolute Gasteiger partial charge is 0.397 e. The molecule has 2 heterocycles. The Morgan fingerprint density at radius 3 is 2.89 bits per heavy atom. The van der Waals surface area contributed by atoms with Crippen LogP contribution in [0.1, 0.15) is 33.2 Å². The molecule has 0 bridgehead atoms. The number of amides is 1. The number of nitrogens with one attached hydrogen (secondary N) is 1. The van der Waals surface area contributed by atoms with Crippen LogP contribution in [0.5, 0.6) is 0 Å². The lowest BCUT2D eigenvalue weighted by molar-refractivity contribution is 0.0940. The summed E-state index contributed by atoms with van der Waals surface area (Å²) in [6.07, 6.45) is 4.81. The van der Waals surface area contributed by atoms with Gasteiger partial charge in [-0.3, -0.25) is 9.78 Å². The molecule has 1 unspecified atom stereocenters. The zero-order chi connectivity index (χ0) is 13.1. The zero-order valence-electron chi connectivity index (χ0n) is 10.2. The standard InChI is InChI=1S/C12H14N4OS/c1-7-5-15-12(18-7)8(2)16-11(17)9-3-4-14-6-10(9)13/h3-6,8H,13H2,1-2H3,(H,16,17). The van der Waals surface area contributed by atoms with E-state index in [4.69, 9.17) is 5.73 Å². The third kappa shape index (κ3) is 2.65. The number of rotatable bonds is 3. The Balaban J connectivity index is 2.10. The van der Waals surface area contributed by atoms with E-state index in [1.165, 1.54) is 6.20 Å². The molecule has 0 aromatic carbocycles. The van der Waals surface area contributed by atoms with Crippen molar-refractivity contribution < 1.29 is 4.79 Å². The highest BCUT2D eigenvalue weighted by molar-refractivity contribution is 7.11. The number of carbonyl (C=O) groups excluding carboxylic acids is 1. The van der Waals surface area contributed by atoms with Crippen LogP contribution in [0.2, 0.25) is 0 Å². The minimum absolute atomic E-state index is 0.135. The molecule has 0 radical (unpaired) electrons. The lowest BCUT2D eigenvalue weighted by Crippen LogP contribution is -2.27. The summed E-state index contributed by atoms with van der Waals surface area (Å²) in [6.45, 7) is 3.88. The van der Waals surface area contributed by atoms with Gasteiger partial charge in [0.15, 0.2) is 0 Å². The van der Waals surface area contributed by atoms with Crippen molar-refractivity contribution in [1.82, 2.24) is 15.3 Å². The van der Waals surface area contributed by atoms with Gasteiger partial charge in [0.05, 0.1) is 23.5 Å². The highest BCUT2D eigenvalue weighted by Gasteiger charge is 2.15. The van der Waals surface area contributed by atoms with Gasteiger partial charge in [0.1, 0.15) is 5.01 Å². The quantitative estimate of drug-likeness (QED) is 0.885. The summed E-state index contributed by atoms with van der Waals surface area (Å²) < 4.78 is 0.